The summed E-state index contributed by atoms with van der Waals surface area (Å²) in [6.45, 7) is 9.79. The van der Waals surface area contributed by atoms with Crippen LogP contribution in [0.25, 0.3) is 43.1 Å². The molecule has 7 nitrogen and oxygen atoms in total. The molecule has 0 aliphatic heterocycles. The highest BCUT2D eigenvalue weighted by Gasteiger charge is 2.33. The second kappa shape index (κ2) is 10.4. The van der Waals surface area contributed by atoms with E-state index in [1.807, 2.05) is 70.2 Å². The Morgan fingerprint density at radius 3 is 2.58 bits per heavy atom. The second-order valence-corrected chi connectivity index (χ2v) is 12.0. The molecule has 5 aromatic rings. The normalized spacial score (nSPS) is 12.8. The molecule has 0 saturated heterocycles. The largest absolute Gasteiger partial charge is 0.464 e. The minimum Gasteiger partial charge on any atom is -0.464 e. The molecule has 196 valence electrons. The van der Waals surface area contributed by atoms with E-state index in [0.29, 0.717) is 9.63 Å². The van der Waals surface area contributed by atoms with E-state index >= 15 is 0 Å². The monoisotopic (exact) mass is 612 g/mol. The summed E-state index contributed by atoms with van der Waals surface area (Å²) in [5.41, 5.74) is 5.92. The van der Waals surface area contributed by atoms with Gasteiger partial charge >= 0.3 is 5.97 Å². The van der Waals surface area contributed by atoms with Crippen molar-refractivity contribution in [1.29, 1.82) is 0 Å². The number of halogens is 2. The van der Waals surface area contributed by atoms with Crippen molar-refractivity contribution in [2.45, 2.75) is 46.3 Å². The fourth-order valence-electron chi connectivity index (χ4n) is 4.35. The summed E-state index contributed by atoms with van der Waals surface area (Å²) in [6, 6.07) is 13.4. The minimum atomic E-state index is -0.924. The number of nitrogens with one attached hydrogen (secondary N) is 1. The van der Waals surface area contributed by atoms with Gasteiger partial charge in [0.15, 0.2) is 10.7 Å². The first kappa shape index (κ1) is 26.7. The smallest absolute Gasteiger partial charge is 0.339 e. The standard InChI is InChI=1S/C28H26BrClN4O3S/c1-6-36-27(35)23(37-28(3,4)5)20-14(2)13-19-24(21(20)15-7-9-16(30)10-8-15)38-26(32-19)18-12-11-17-22(31-18)25(29)34-33-17/h7-13,23H,6H2,1-5H3,(H,33,34)/t23-/m0/s1. The molecule has 0 radical (unpaired) electrons. The van der Waals surface area contributed by atoms with Crippen molar-refractivity contribution in [1.82, 2.24) is 20.2 Å². The maximum atomic E-state index is 13.3. The lowest BCUT2D eigenvalue weighted by Gasteiger charge is -2.29. The van der Waals surface area contributed by atoms with Crippen LogP contribution in [0, 0.1) is 6.92 Å². The van der Waals surface area contributed by atoms with E-state index < -0.39 is 17.7 Å². The number of carbonyl (C=O) groups excluding carboxylic acids is 1. The Labute approximate surface area is 237 Å². The van der Waals surface area contributed by atoms with Crippen LogP contribution in [-0.2, 0) is 14.3 Å². The van der Waals surface area contributed by atoms with Crippen molar-refractivity contribution >= 4 is 66.1 Å². The number of rotatable bonds is 6. The van der Waals surface area contributed by atoms with Gasteiger partial charge in [-0.05, 0) is 92.0 Å². The molecule has 5 rings (SSSR count). The van der Waals surface area contributed by atoms with E-state index in [1.54, 1.807) is 6.92 Å². The molecule has 0 fully saturated rings. The van der Waals surface area contributed by atoms with Crippen molar-refractivity contribution in [2.24, 2.45) is 0 Å². The van der Waals surface area contributed by atoms with E-state index in [-0.39, 0.29) is 6.61 Å². The summed E-state index contributed by atoms with van der Waals surface area (Å²) in [4.78, 5) is 23.0. The highest BCUT2D eigenvalue weighted by Crippen LogP contribution is 2.44. The molecule has 0 bridgehead atoms. The van der Waals surface area contributed by atoms with Gasteiger partial charge in [0.25, 0.3) is 0 Å². The molecule has 0 aliphatic rings. The van der Waals surface area contributed by atoms with Gasteiger partial charge in [-0.2, -0.15) is 5.10 Å². The zero-order valence-corrected chi connectivity index (χ0v) is 24.7. The van der Waals surface area contributed by atoms with Gasteiger partial charge in [0.1, 0.15) is 10.5 Å². The van der Waals surface area contributed by atoms with Crippen LogP contribution in [0.15, 0.2) is 47.1 Å². The third-order valence-corrected chi connectivity index (χ3v) is 7.80. The van der Waals surface area contributed by atoms with E-state index in [2.05, 4.69) is 26.1 Å². The third kappa shape index (κ3) is 5.20. The highest BCUT2D eigenvalue weighted by molar-refractivity contribution is 9.10. The Bertz CT molecular complexity index is 1660. The molecular weight excluding hydrogens is 588 g/mol. The zero-order valence-electron chi connectivity index (χ0n) is 21.6. The van der Waals surface area contributed by atoms with Gasteiger partial charge in [0.2, 0.25) is 0 Å². The van der Waals surface area contributed by atoms with Gasteiger partial charge in [-0.1, -0.05) is 23.7 Å². The lowest BCUT2D eigenvalue weighted by Crippen LogP contribution is -2.29. The molecule has 1 atom stereocenters. The molecule has 1 N–H and O–H groups in total. The molecule has 0 unspecified atom stereocenters. The number of benzene rings is 2. The van der Waals surface area contributed by atoms with Crippen LogP contribution in [0.1, 0.15) is 44.9 Å². The molecule has 0 amide bonds. The summed E-state index contributed by atoms with van der Waals surface area (Å²) < 4.78 is 13.4. The number of nitrogens with zero attached hydrogens (tertiary/aromatic N) is 3. The Morgan fingerprint density at radius 2 is 1.89 bits per heavy atom. The minimum absolute atomic E-state index is 0.253. The summed E-state index contributed by atoms with van der Waals surface area (Å²) in [5.74, 6) is -0.429. The van der Waals surface area contributed by atoms with E-state index in [0.717, 1.165) is 54.2 Å². The number of aromatic nitrogens is 4. The van der Waals surface area contributed by atoms with E-state index in [4.69, 9.17) is 31.0 Å². The van der Waals surface area contributed by atoms with Gasteiger partial charge in [0.05, 0.1) is 33.6 Å². The van der Waals surface area contributed by atoms with Gasteiger partial charge in [0, 0.05) is 16.1 Å². The lowest BCUT2D eigenvalue weighted by molar-refractivity contribution is -0.166. The maximum Gasteiger partial charge on any atom is 0.339 e. The fourth-order valence-corrected chi connectivity index (χ4v) is 5.96. The first-order valence-electron chi connectivity index (χ1n) is 12.1. The molecule has 10 heteroatoms. The van der Waals surface area contributed by atoms with Crippen LogP contribution >= 0.6 is 38.9 Å². The van der Waals surface area contributed by atoms with Crippen molar-refractivity contribution < 1.29 is 14.3 Å². The Balaban J connectivity index is 1.78. The van der Waals surface area contributed by atoms with E-state index in [1.165, 1.54) is 11.3 Å². The number of hydrogen-bond donors (Lipinski definition) is 1. The molecule has 0 aliphatic carbocycles. The fraction of sp³-hybridized carbons (Fsp3) is 0.286. The summed E-state index contributed by atoms with van der Waals surface area (Å²) in [5, 5.41) is 8.51. The average Bonchev–Trinajstić information content (AvgIpc) is 3.45. The number of aryl methyl sites for hydroxylation is 1. The van der Waals surface area contributed by atoms with Gasteiger partial charge in [-0.25, -0.2) is 14.8 Å². The Hall–Kier alpha value is -2.85. The number of hydrogen-bond acceptors (Lipinski definition) is 7. The quantitative estimate of drug-likeness (QED) is 0.195. The number of thiazole rings is 1. The first-order chi connectivity index (χ1) is 18.1. The number of pyridine rings is 1. The molecule has 2 aromatic carbocycles. The topological polar surface area (TPSA) is 90.0 Å². The average molecular weight is 614 g/mol. The number of carbonyl (C=O) groups is 1. The van der Waals surface area contributed by atoms with Crippen molar-refractivity contribution in [3.63, 3.8) is 0 Å². The second-order valence-electron chi connectivity index (χ2n) is 9.83. The van der Waals surface area contributed by atoms with Gasteiger partial charge in [-0.3, -0.25) is 5.10 Å². The first-order valence-corrected chi connectivity index (χ1v) is 14.1. The number of aromatic amines is 1. The van der Waals surface area contributed by atoms with Crippen LogP contribution in [0.5, 0.6) is 0 Å². The number of fused-ring (bicyclic) bond motifs is 2. The Morgan fingerprint density at radius 1 is 1.16 bits per heavy atom. The van der Waals surface area contributed by atoms with Gasteiger partial charge < -0.3 is 9.47 Å². The van der Waals surface area contributed by atoms with Crippen LogP contribution < -0.4 is 0 Å². The highest BCUT2D eigenvalue weighted by atomic mass is 79.9. The van der Waals surface area contributed by atoms with Gasteiger partial charge in [-0.15, -0.1) is 11.3 Å². The summed E-state index contributed by atoms with van der Waals surface area (Å²) in [6.07, 6.45) is -0.924. The van der Waals surface area contributed by atoms with Crippen molar-refractivity contribution in [2.75, 3.05) is 6.61 Å². The molecular formula is C28H26BrClN4O3S. The van der Waals surface area contributed by atoms with Crippen molar-refractivity contribution in [3.8, 4) is 21.8 Å². The molecule has 0 saturated carbocycles. The molecule has 38 heavy (non-hydrogen) atoms. The predicted molar refractivity (Wildman–Crippen MR) is 156 cm³/mol. The zero-order chi connectivity index (χ0) is 27.2. The number of ether oxygens (including phenoxy) is 2. The number of H-pyrrole nitrogens is 1. The third-order valence-electron chi connectivity index (χ3n) is 5.88. The molecule has 3 heterocycles. The van der Waals surface area contributed by atoms with Crippen molar-refractivity contribution in [3.05, 3.63) is 63.2 Å². The van der Waals surface area contributed by atoms with E-state index in [9.17, 15) is 4.79 Å². The van der Waals surface area contributed by atoms with Crippen LogP contribution in [0.2, 0.25) is 5.02 Å². The maximum absolute atomic E-state index is 13.3. The molecule has 3 aromatic heterocycles. The van der Waals surface area contributed by atoms with Crippen LogP contribution in [0.4, 0.5) is 0 Å². The Kier molecular flexibility index (Phi) is 7.30. The molecule has 0 spiro atoms. The SMILES string of the molecule is CCOC(=O)[C@@H](OC(C)(C)C)c1c(C)cc2nc(-c3ccc4[nH]nc(Br)c4n3)sc2c1-c1ccc(Cl)cc1. The summed E-state index contributed by atoms with van der Waals surface area (Å²) >= 11 is 11.2. The number of esters is 1. The van der Waals surface area contributed by atoms with Crippen LogP contribution in [-0.4, -0.2) is 38.3 Å². The lowest BCUT2D eigenvalue weighted by atomic mass is 9.91. The summed E-state index contributed by atoms with van der Waals surface area (Å²) in [7, 11) is 0. The predicted octanol–water partition coefficient (Wildman–Crippen LogP) is 8.05. The van der Waals surface area contributed by atoms with Crippen LogP contribution in [0.3, 0.4) is 0 Å².